The zero-order valence-electron chi connectivity index (χ0n) is 46.8. The zero-order chi connectivity index (χ0) is 60.7. The second kappa shape index (κ2) is 22.6. The van der Waals surface area contributed by atoms with E-state index in [1.54, 1.807) is 146 Å². The molecule has 0 saturated heterocycles. The standard InChI is InChI=1S/C45H25N3O7.C29H19NO3/c1-46-40(49)35-11-5-9-32(38(35)44(46)53)33-10-6-12-36-39(33)45(54)48(42(36)51)29-18-22-31(23-19-29)55-30-20-16-28(17-21-30)47-41(50)34-24-15-27(25-37(34)43(47)52)14-13-26-7-3-2-4-8-26;1-20-7-14-24(15-8-20)33-25-16-12-23(13-17-25)30-28(31)26-18-11-22(19-27(26)29(30)32)10-9-21-5-3-2-4-6-21/h2-12,15-25H,1H3;2-8,11-19H,1H3. The number of carbonyl (C=O) groups excluding carboxylic acids is 8. The maximum atomic E-state index is 13.9. The summed E-state index contributed by atoms with van der Waals surface area (Å²) in [6.07, 6.45) is 0. The van der Waals surface area contributed by atoms with Crippen LogP contribution in [0.3, 0.4) is 0 Å². The van der Waals surface area contributed by atoms with Gasteiger partial charge in [0, 0.05) is 29.3 Å². The van der Waals surface area contributed by atoms with Crippen LogP contribution in [0, 0.1) is 30.6 Å². The molecule has 14 rings (SSSR count). The number of carbonyl (C=O) groups is 8. The summed E-state index contributed by atoms with van der Waals surface area (Å²) in [4.78, 5) is 110. The number of hydrogen-bond acceptors (Lipinski definition) is 10. The van der Waals surface area contributed by atoms with Crippen LogP contribution in [0.25, 0.3) is 11.1 Å². The Labute approximate surface area is 504 Å². The lowest BCUT2D eigenvalue weighted by atomic mass is 9.91. The van der Waals surface area contributed by atoms with Crippen molar-refractivity contribution in [3.05, 3.63) is 303 Å². The minimum absolute atomic E-state index is 0.145. The summed E-state index contributed by atoms with van der Waals surface area (Å²) in [6, 6.07) is 66.4. The lowest BCUT2D eigenvalue weighted by Gasteiger charge is -2.16. The molecule has 0 radical (unpaired) electrons. The summed E-state index contributed by atoms with van der Waals surface area (Å²) in [5.74, 6) is 10.9. The number of imide groups is 4. The third-order valence-corrected chi connectivity index (χ3v) is 15.1. The van der Waals surface area contributed by atoms with Gasteiger partial charge in [-0.2, -0.15) is 0 Å². The first-order valence-corrected chi connectivity index (χ1v) is 27.7. The molecule has 0 bridgehead atoms. The van der Waals surface area contributed by atoms with E-state index in [-0.39, 0.29) is 39.6 Å². The number of ether oxygens (including phenoxy) is 2. The predicted octanol–water partition coefficient (Wildman–Crippen LogP) is 13.4. The minimum atomic E-state index is -0.563. The molecule has 0 saturated carbocycles. The molecule has 4 aliphatic rings. The van der Waals surface area contributed by atoms with Crippen LogP contribution < -0.4 is 24.2 Å². The highest BCUT2D eigenvalue weighted by Gasteiger charge is 2.42. The molecule has 0 spiro atoms. The van der Waals surface area contributed by atoms with Crippen molar-refractivity contribution in [2.24, 2.45) is 0 Å². The predicted molar refractivity (Wildman–Crippen MR) is 330 cm³/mol. The lowest BCUT2D eigenvalue weighted by Crippen LogP contribution is -2.29. The van der Waals surface area contributed by atoms with Crippen molar-refractivity contribution in [2.45, 2.75) is 6.92 Å². The van der Waals surface area contributed by atoms with Crippen LogP contribution in [0.1, 0.15) is 111 Å². The molecule has 0 N–H and O–H groups in total. The second-order valence-electron chi connectivity index (χ2n) is 20.7. The maximum Gasteiger partial charge on any atom is 0.266 e. The third kappa shape index (κ3) is 10.1. The highest BCUT2D eigenvalue weighted by atomic mass is 16.5. The SMILES string of the molecule is CN1C(=O)c2cccc(-c3cccc4c3C(=O)N(c3ccc(Oc5ccc(N6C(=O)c7ccc(C#Cc8ccccc8)cc7C6=O)cc5)cc3)C4=O)c2C1=O.Cc1ccc(Oc2ccc(N3C(=O)c4ccc(C#Cc5ccccc5)cc4C3=O)cc2)cc1. The van der Waals surface area contributed by atoms with Crippen LogP contribution in [0.2, 0.25) is 0 Å². The van der Waals surface area contributed by atoms with E-state index in [0.717, 1.165) is 37.1 Å². The number of amides is 8. The molecule has 4 heterocycles. The summed E-state index contributed by atoms with van der Waals surface area (Å²) in [5.41, 5.74) is 8.21. The highest BCUT2D eigenvalue weighted by molar-refractivity contribution is 6.37. The molecule has 10 aromatic rings. The van der Waals surface area contributed by atoms with Crippen molar-refractivity contribution in [3.63, 3.8) is 0 Å². The first kappa shape index (κ1) is 54.7. The Morgan fingerprint density at radius 2 is 0.602 bits per heavy atom. The summed E-state index contributed by atoms with van der Waals surface area (Å²) in [7, 11) is 1.40. The van der Waals surface area contributed by atoms with Crippen LogP contribution in [0.15, 0.2) is 231 Å². The normalized spacial score (nSPS) is 13.5. The maximum absolute atomic E-state index is 13.9. The summed E-state index contributed by atoms with van der Waals surface area (Å²) in [6.45, 7) is 2.01. The van der Waals surface area contributed by atoms with Gasteiger partial charge in [0.2, 0.25) is 0 Å². The van der Waals surface area contributed by atoms with Gasteiger partial charge in [-0.15, -0.1) is 0 Å². The molecular formula is C74H44N4O10. The van der Waals surface area contributed by atoms with Crippen molar-refractivity contribution < 1.29 is 47.8 Å². The first-order valence-electron chi connectivity index (χ1n) is 27.7. The number of nitrogens with zero attached hydrogens (tertiary/aromatic N) is 4. The van der Waals surface area contributed by atoms with E-state index in [2.05, 4.69) is 23.7 Å². The molecule has 0 unspecified atom stereocenters. The van der Waals surface area contributed by atoms with Crippen LogP contribution >= 0.6 is 0 Å². The van der Waals surface area contributed by atoms with Gasteiger partial charge in [-0.1, -0.05) is 102 Å². The van der Waals surface area contributed by atoms with Crippen LogP contribution in [-0.2, 0) is 0 Å². The van der Waals surface area contributed by atoms with Crippen molar-refractivity contribution >= 4 is 64.3 Å². The quantitative estimate of drug-likeness (QED) is 0.105. The molecule has 14 heteroatoms. The number of hydrogen-bond donors (Lipinski definition) is 0. The van der Waals surface area contributed by atoms with Gasteiger partial charge in [0.15, 0.2) is 0 Å². The molecule has 4 aliphatic heterocycles. The van der Waals surface area contributed by atoms with Gasteiger partial charge < -0.3 is 9.47 Å². The molecule has 0 fully saturated rings. The van der Waals surface area contributed by atoms with Gasteiger partial charge in [0.1, 0.15) is 23.0 Å². The van der Waals surface area contributed by atoms with Gasteiger partial charge >= 0.3 is 0 Å². The number of benzene rings is 10. The largest absolute Gasteiger partial charge is 0.457 e. The Hall–Kier alpha value is -12.5. The van der Waals surface area contributed by atoms with E-state index >= 15 is 0 Å². The van der Waals surface area contributed by atoms with Gasteiger partial charge in [0.05, 0.1) is 61.6 Å². The van der Waals surface area contributed by atoms with E-state index in [0.29, 0.717) is 73.3 Å². The molecule has 0 atom stereocenters. The fraction of sp³-hybridized carbons (Fsp3) is 0.0270. The molecule has 14 nitrogen and oxygen atoms in total. The lowest BCUT2D eigenvalue weighted by molar-refractivity contribution is 0.0690. The zero-order valence-corrected chi connectivity index (χ0v) is 46.8. The average molecular weight is 1150 g/mol. The number of aryl methyl sites for hydroxylation is 1. The number of fused-ring (bicyclic) bond motifs is 4. The number of rotatable bonds is 8. The van der Waals surface area contributed by atoms with Gasteiger partial charge in [-0.3, -0.25) is 43.3 Å². The minimum Gasteiger partial charge on any atom is -0.457 e. The van der Waals surface area contributed by atoms with E-state index in [1.165, 1.54) is 11.9 Å². The monoisotopic (exact) mass is 1150 g/mol. The van der Waals surface area contributed by atoms with Crippen molar-refractivity contribution in [3.8, 4) is 57.8 Å². The summed E-state index contributed by atoms with van der Waals surface area (Å²) >= 11 is 0. The Bertz CT molecular complexity index is 4750. The molecule has 8 amide bonds. The fourth-order valence-electron chi connectivity index (χ4n) is 10.7. The Morgan fingerprint density at radius 1 is 0.273 bits per heavy atom. The second-order valence-corrected chi connectivity index (χ2v) is 20.7. The fourth-order valence-corrected chi connectivity index (χ4v) is 10.7. The molecule has 420 valence electrons. The van der Waals surface area contributed by atoms with Gasteiger partial charge in [0.25, 0.3) is 47.3 Å². The Kier molecular flexibility index (Phi) is 14.0. The molecular weight excluding hydrogens is 1100 g/mol. The third-order valence-electron chi connectivity index (χ3n) is 15.1. The van der Waals surface area contributed by atoms with Gasteiger partial charge in [-0.05, 0) is 176 Å². The van der Waals surface area contributed by atoms with Crippen molar-refractivity contribution in [1.82, 2.24) is 4.90 Å². The molecule has 88 heavy (non-hydrogen) atoms. The van der Waals surface area contributed by atoms with Gasteiger partial charge in [-0.25, -0.2) is 14.7 Å². The Balaban J connectivity index is 0.000000184. The van der Waals surface area contributed by atoms with Crippen molar-refractivity contribution in [2.75, 3.05) is 21.7 Å². The summed E-state index contributed by atoms with van der Waals surface area (Å²) in [5, 5.41) is 0. The van der Waals surface area contributed by atoms with Crippen molar-refractivity contribution in [1.29, 1.82) is 0 Å². The number of anilines is 3. The van der Waals surface area contributed by atoms with E-state index in [4.69, 9.17) is 9.47 Å². The van der Waals surface area contributed by atoms with Crippen LogP contribution in [0.4, 0.5) is 17.1 Å². The smallest absolute Gasteiger partial charge is 0.266 e. The van der Waals surface area contributed by atoms with Crippen LogP contribution in [-0.4, -0.2) is 59.2 Å². The average Bonchev–Trinajstić information content (AvgIpc) is 1.91. The molecule has 0 aromatic heterocycles. The summed E-state index contributed by atoms with van der Waals surface area (Å²) < 4.78 is 11.9. The van der Waals surface area contributed by atoms with Crippen LogP contribution in [0.5, 0.6) is 23.0 Å². The van der Waals surface area contributed by atoms with E-state index < -0.39 is 35.4 Å². The Morgan fingerprint density at radius 3 is 1.02 bits per heavy atom. The highest BCUT2D eigenvalue weighted by Crippen LogP contribution is 2.40. The topological polar surface area (TPSA) is 168 Å². The van der Waals surface area contributed by atoms with E-state index in [9.17, 15) is 38.4 Å². The first-order chi connectivity index (χ1) is 42.8. The van der Waals surface area contributed by atoms with E-state index in [1.807, 2.05) is 91.9 Å². The molecule has 0 aliphatic carbocycles. The molecule has 10 aromatic carbocycles.